The summed E-state index contributed by atoms with van der Waals surface area (Å²) in [6, 6.07) is 0.601. The number of rotatable bonds is 8. The minimum atomic E-state index is 0.601. The Morgan fingerprint density at radius 1 is 1.35 bits per heavy atom. The highest BCUT2D eigenvalue weighted by Crippen LogP contribution is 2.19. The van der Waals surface area contributed by atoms with Crippen molar-refractivity contribution in [3.8, 4) is 0 Å². The van der Waals surface area contributed by atoms with Gasteiger partial charge in [-0.2, -0.15) is 0 Å². The zero-order valence-electron chi connectivity index (χ0n) is 12.8. The van der Waals surface area contributed by atoms with Crippen LogP contribution < -0.4 is 5.32 Å². The Balaban J connectivity index is 1.87. The molecule has 5 heteroatoms. The smallest absolute Gasteiger partial charge is 0.120 e. The molecule has 114 valence electrons. The number of ether oxygens (including phenoxy) is 1. The van der Waals surface area contributed by atoms with Crippen molar-refractivity contribution in [2.24, 2.45) is 5.92 Å². The summed E-state index contributed by atoms with van der Waals surface area (Å²) in [6.07, 6.45) is 6.15. The molecule has 0 spiro atoms. The van der Waals surface area contributed by atoms with E-state index in [1.807, 2.05) is 6.20 Å². The Labute approximate surface area is 122 Å². The fourth-order valence-corrected chi connectivity index (χ4v) is 3.07. The van der Waals surface area contributed by atoms with Crippen LogP contribution in [-0.2, 0) is 11.3 Å². The second kappa shape index (κ2) is 8.39. The van der Waals surface area contributed by atoms with E-state index in [0.717, 1.165) is 51.1 Å². The quantitative estimate of drug-likeness (QED) is 0.760. The van der Waals surface area contributed by atoms with Crippen LogP contribution in [0.1, 0.15) is 32.5 Å². The van der Waals surface area contributed by atoms with Gasteiger partial charge in [-0.15, -0.1) is 0 Å². The maximum Gasteiger partial charge on any atom is 0.120 e. The summed E-state index contributed by atoms with van der Waals surface area (Å²) in [5.41, 5.74) is 0. The molecule has 1 atom stereocenters. The molecule has 0 radical (unpaired) electrons. The van der Waals surface area contributed by atoms with Crippen molar-refractivity contribution >= 4 is 0 Å². The van der Waals surface area contributed by atoms with Gasteiger partial charge in [0.1, 0.15) is 5.82 Å². The number of imidazole rings is 1. The van der Waals surface area contributed by atoms with E-state index in [1.54, 1.807) is 6.20 Å². The van der Waals surface area contributed by atoms with Crippen molar-refractivity contribution in [1.82, 2.24) is 20.2 Å². The predicted octanol–water partition coefficient (Wildman–Crippen LogP) is 1.64. The molecule has 2 heterocycles. The molecule has 1 aromatic heterocycles. The Morgan fingerprint density at radius 3 is 2.70 bits per heavy atom. The first-order valence-electron chi connectivity index (χ1n) is 7.85. The third kappa shape index (κ3) is 4.30. The molecular weight excluding hydrogens is 252 g/mol. The Bertz CT molecular complexity index is 345. The van der Waals surface area contributed by atoms with Crippen molar-refractivity contribution in [3.05, 3.63) is 18.2 Å². The van der Waals surface area contributed by atoms with Gasteiger partial charge in [-0.25, -0.2) is 4.98 Å². The molecule has 1 unspecified atom stereocenters. The number of hydrogen-bond acceptors (Lipinski definition) is 4. The van der Waals surface area contributed by atoms with E-state index in [4.69, 9.17) is 4.74 Å². The van der Waals surface area contributed by atoms with Crippen molar-refractivity contribution < 1.29 is 4.74 Å². The van der Waals surface area contributed by atoms with Crippen LogP contribution in [0.2, 0.25) is 0 Å². The summed E-state index contributed by atoms with van der Waals surface area (Å²) in [4.78, 5) is 9.99. The molecule has 2 rings (SSSR count). The SMILES string of the molecule is CCC(CC)C(CNCc1ncc[nH]1)N1CCOCC1. The van der Waals surface area contributed by atoms with Gasteiger partial charge in [0.2, 0.25) is 0 Å². The van der Waals surface area contributed by atoms with Crippen molar-refractivity contribution in [1.29, 1.82) is 0 Å². The van der Waals surface area contributed by atoms with Gasteiger partial charge in [-0.3, -0.25) is 4.90 Å². The molecule has 0 aliphatic carbocycles. The lowest BCUT2D eigenvalue weighted by atomic mass is 9.92. The largest absolute Gasteiger partial charge is 0.379 e. The van der Waals surface area contributed by atoms with E-state index < -0.39 is 0 Å². The normalized spacial score (nSPS) is 18.6. The molecule has 0 saturated carbocycles. The number of aromatic nitrogens is 2. The molecule has 1 aromatic rings. The second-order valence-electron chi connectivity index (χ2n) is 5.46. The van der Waals surface area contributed by atoms with Gasteiger partial charge in [0.25, 0.3) is 0 Å². The maximum atomic E-state index is 5.48. The highest BCUT2D eigenvalue weighted by Gasteiger charge is 2.26. The van der Waals surface area contributed by atoms with Gasteiger partial charge < -0.3 is 15.0 Å². The van der Waals surface area contributed by atoms with Gasteiger partial charge >= 0.3 is 0 Å². The molecule has 1 fully saturated rings. The van der Waals surface area contributed by atoms with Crippen LogP contribution in [0.15, 0.2) is 12.4 Å². The van der Waals surface area contributed by atoms with Crippen LogP contribution in [0.25, 0.3) is 0 Å². The Morgan fingerprint density at radius 2 is 2.10 bits per heavy atom. The van der Waals surface area contributed by atoms with Crippen LogP contribution >= 0.6 is 0 Å². The number of H-pyrrole nitrogens is 1. The molecule has 1 saturated heterocycles. The molecule has 1 aliphatic rings. The van der Waals surface area contributed by atoms with Crippen LogP contribution in [-0.4, -0.2) is 53.8 Å². The summed E-state index contributed by atoms with van der Waals surface area (Å²) in [5, 5.41) is 3.56. The minimum absolute atomic E-state index is 0.601. The van der Waals surface area contributed by atoms with Crippen molar-refractivity contribution in [2.75, 3.05) is 32.8 Å². The van der Waals surface area contributed by atoms with E-state index in [1.165, 1.54) is 12.8 Å². The third-order valence-electron chi connectivity index (χ3n) is 4.31. The van der Waals surface area contributed by atoms with Crippen LogP contribution in [0.4, 0.5) is 0 Å². The lowest BCUT2D eigenvalue weighted by Gasteiger charge is -2.38. The molecule has 1 aliphatic heterocycles. The van der Waals surface area contributed by atoms with Crippen molar-refractivity contribution in [3.63, 3.8) is 0 Å². The number of nitrogens with one attached hydrogen (secondary N) is 2. The minimum Gasteiger partial charge on any atom is -0.379 e. The zero-order valence-corrected chi connectivity index (χ0v) is 12.8. The van der Waals surface area contributed by atoms with Gasteiger partial charge in [0, 0.05) is 38.1 Å². The maximum absolute atomic E-state index is 5.48. The average molecular weight is 280 g/mol. The molecule has 2 N–H and O–H groups in total. The molecule has 0 bridgehead atoms. The first kappa shape index (κ1) is 15.5. The second-order valence-corrected chi connectivity index (χ2v) is 5.46. The monoisotopic (exact) mass is 280 g/mol. The first-order chi connectivity index (χ1) is 9.85. The van der Waals surface area contributed by atoms with E-state index in [9.17, 15) is 0 Å². The number of hydrogen-bond donors (Lipinski definition) is 2. The van der Waals surface area contributed by atoms with Gasteiger partial charge in [-0.1, -0.05) is 26.7 Å². The lowest BCUT2D eigenvalue weighted by Crippen LogP contribution is -2.51. The fraction of sp³-hybridized carbons (Fsp3) is 0.800. The summed E-state index contributed by atoms with van der Waals surface area (Å²) in [7, 11) is 0. The van der Waals surface area contributed by atoms with Crippen LogP contribution in [0.3, 0.4) is 0 Å². The predicted molar refractivity (Wildman–Crippen MR) is 80.5 cm³/mol. The summed E-state index contributed by atoms with van der Waals surface area (Å²) < 4.78 is 5.48. The number of aromatic amines is 1. The van der Waals surface area contributed by atoms with Gasteiger partial charge in [0.05, 0.1) is 19.8 Å². The highest BCUT2D eigenvalue weighted by atomic mass is 16.5. The Hall–Kier alpha value is -0.910. The highest BCUT2D eigenvalue weighted by molar-refractivity contribution is 4.88. The zero-order chi connectivity index (χ0) is 14.2. The molecular formula is C15H28N4O. The molecule has 0 aromatic carbocycles. The topological polar surface area (TPSA) is 53.2 Å². The summed E-state index contributed by atoms with van der Waals surface area (Å²) in [5.74, 6) is 1.76. The Kier molecular flexibility index (Phi) is 6.50. The number of nitrogens with zero attached hydrogens (tertiary/aromatic N) is 2. The van der Waals surface area contributed by atoms with Crippen LogP contribution in [0.5, 0.6) is 0 Å². The molecule has 5 nitrogen and oxygen atoms in total. The van der Waals surface area contributed by atoms with E-state index in [-0.39, 0.29) is 0 Å². The third-order valence-corrected chi connectivity index (χ3v) is 4.31. The lowest BCUT2D eigenvalue weighted by molar-refractivity contribution is 0.00158. The summed E-state index contributed by atoms with van der Waals surface area (Å²) in [6.45, 7) is 10.3. The van der Waals surface area contributed by atoms with Crippen molar-refractivity contribution in [2.45, 2.75) is 39.3 Å². The molecule has 0 amide bonds. The average Bonchev–Trinajstić information content (AvgIpc) is 3.01. The summed E-state index contributed by atoms with van der Waals surface area (Å²) >= 11 is 0. The van der Waals surface area contributed by atoms with Gasteiger partial charge in [-0.05, 0) is 5.92 Å². The molecule has 20 heavy (non-hydrogen) atoms. The first-order valence-corrected chi connectivity index (χ1v) is 7.85. The van der Waals surface area contributed by atoms with E-state index in [2.05, 4.69) is 34.0 Å². The van der Waals surface area contributed by atoms with E-state index >= 15 is 0 Å². The standard InChI is InChI=1S/C15H28N4O/c1-3-13(4-2)14(19-7-9-20-10-8-19)11-16-12-15-17-5-6-18-15/h5-6,13-14,16H,3-4,7-12H2,1-2H3,(H,17,18). The van der Waals surface area contributed by atoms with Gasteiger partial charge in [0.15, 0.2) is 0 Å². The number of morpholine rings is 1. The fourth-order valence-electron chi connectivity index (χ4n) is 3.07. The van der Waals surface area contributed by atoms with E-state index in [0.29, 0.717) is 6.04 Å². The van der Waals surface area contributed by atoms with Crippen LogP contribution in [0, 0.1) is 5.92 Å².